The molecule has 0 aliphatic heterocycles. The van der Waals surface area contributed by atoms with Gasteiger partial charge in [0.15, 0.2) is 0 Å². The Balaban J connectivity index is 0.970. The Kier molecular flexibility index (Phi) is 10.4. The van der Waals surface area contributed by atoms with Gasteiger partial charge >= 0.3 is 0 Å². The van der Waals surface area contributed by atoms with Gasteiger partial charge in [-0.3, -0.25) is 4.99 Å². The quantitative estimate of drug-likeness (QED) is 0.127. The molecule has 1 aliphatic rings. The van der Waals surface area contributed by atoms with E-state index in [1.807, 2.05) is 24.4 Å². The molecule has 0 spiro atoms. The van der Waals surface area contributed by atoms with Gasteiger partial charge in [-0.1, -0.05) is 195 Å². The van der Waals surface area contributed by atoms with Gasteiger partial charge in [-0.2, -0.15) is 0 Å². The molecule has 0 amide bonds. The molecule has 1 unspecified atom stereocenters. The van der Waals surface area contributed by atoms with Crippen molar-refractivity contribution in [3.63, 3.8) is 0 Å². The number of benzene rings is 10. The summed E-state index contributed by atoms with van der Waals surface area (Å²) in [6.07, 6.45) is 5.99. The van der Waals surface area contributed by atoms with E-state index in [1.165, 1.54) is 0 Å². The molecule has 3 N–H and O–H groups in total. The van der Waals surface area contributed by atoms with Crippen LogP contribution in [-0.4, -0.2) is 28.5 Å². The third-order valence-corrected chi connectivity index (χ3v) is 13.4. The van der Waals surface area contributed by atoms with Crippen LogP contribution in [0.15, 0.2) is 199 Å². The van der Waals surface area contributed by atoms with E-state index in [0.717, 1.165) is 119 Å². The van der Waals surface area contributed by atoms with Crippen LogP contribution >= 0.6 is 0 Å². The van der Waals surface area contributed by atoms with Crippen LogP contribution in [0.25, 0.3) is 87.6 Å². The molecule has 1 fully saturated rings. The van der Waals surface area contributed by atoms with E-state index in [4.69, 9.17) is 4.99 Å². The summed E-state index contributed by atoms with van der Waals surface area (Å²) in [5, 5.41) is 37.5. The Morgan fingerprint density at radius 1 is 0.453 bits per heavy atom. The van der Waals surface area contributed by atoms with Gasteiger partial charge in [0.05, 0.1) is 6.04 Å². The van der Waals surface area contributed by atoms with Crippen molar-refractivity contribution in [1.82, 2.24) is 5.32 Å². The monoisotopic (exact) mass is 828 g/mol. The van der Waals surface area contributed by atoms with Crippen molar-refractivity contribution in [2.45, 2.75) is 44.3 Å². The van der Waals surface area contributed by atoms with Gasteiger partial charge in [0.2, 0.25) is 0 Å². The maximum absolute atomic E-state index is 12.5. The molecule has 10 aromatic rings. The van der Waals surface area contributed by atoms with Crippen LogP contribution in [0.4, 0.5) is 0 Å². The van der Waals surface area contributed by atoms with E-state index in [2.05, 4.69) is 181 Å². The SMILES string of the molecule is Oc1c(C=NC2CCCC[C@H]2NCc2cc3ccccc3c(-c3c(-c4ccccc4)ccc4ccccc34)c2O)cc2ccccc2c1-c1c(-c2ccccc2)ccc2ccccc12. The van der Waals surface area contributed by atoms with Gasteiger partial charge in [0.25, 0.3) is 0 Å². The van der Waals surface area contributed by atoms with Crippen molar-refractivity contribution in [1.29, 1.82) is 0 Å². The molecule has 310 valence electrons. The minimum Gasteiger partial charge on any atom is -0.507 e. The first-order chi connectivity index (χ1) is 31.6. The lowest BCUT2D eigenvalue weighted by Gasteiger charge is -2.30. The standard InChI is InChI=1S/C60H48N2O2/c63-59-45(35-43-23-9-13-27-49(43)57(59)55-47-25-11-7-21-41(47)31-33-51(55)39-17-3-1-4-18-39)37-61-53-29-15-16-30-54(53)62-38-46-36-44-24-10-14-28-50(44)58(60(46)64)56-48-26-12-8-22-42(48)32-34-52(56)40-19-5-2-6-20-40/h1-14,17-28,31-37,53-54,62-64H,15-16,29-30,38H2/t53?,54-/m1/s1. The van der Waals surface area contributed by atoms with Gasteiger partial charge in [-0.05, 0) is 90.3 Å². The van der Waals surface area contributed by atoms with Gasteiger partial charge in [-0.25, -0.2) is 0 Å². The fourth-order valence-electron chi connectivity index (χ4n) is 10.2. The predicted molar refractivity (Wildman–Crippen MR) is 268 cm³/mol. The number of phenols is 2. The second kappa shape index (κ2) is 17.0. The van der Waals surface area contributed by atoms with Gasteiger partial charge in [0.1, 0.15) is 11.5 Å². The average molecular weight is 829 g/mol. The second-order valence-corrected chi connectivity index (χ2v) is 17.2. The number of hydrogen-bond donors (Lipinski definition) is 3. The van der Waals surface area contributed by atoms with Crippen molar-refractivity contribution in [2.75, 3.05) is 0 Å². The van der Waals surface area contributed by atoms with E-state index >= 15 is 0 Å². The predicted octanol–water partition coefficient (Wildman–Crippen LogP) is 14.9. The van der Waals surface area contributed by atoms with E-state index in [-0.39, 0.29) is 17.8 Å². The number of aliphatic imine (C=N–C) groups is 1. The first-order valence-electron chi connectivity index (χ1n) is 22.5. The van der Waals surface area contributed by atoms with Gasteiger partial charge < -0.3 is 15.5 Å². The lowest BCUT2D eigenvalue weighted by Crippen LogP contribution is -2.40. The molecular formula is C60H48N2O2. The summed E-state index contributed by atoms with van der Waals surface area (Å²) < 4.78 is 0. The van der Waals surface area contributed by atoms with E-state index in [1.54, 1.807) is 0 Å². The number of fused-ring (bicyclic) bond motifs is 4. The molecule has 0 saturated heterocycles. The summed E-state index contributed by atoms with van der Waals surface area (Å²) in [6, 6.07) is 67.6. The molecule has 0 heterocycles. The molecule has 1 aliphatic carbocycles. The number of nitrogens with zero attached hydrogens (tertiary/aromatic N) is 1. The lowest BCUT2D eigenvalue weighted by atomic mass is 9.85. The van der Waals surface area contributed by atoms with Crippen LogP contribution in [0, 0.1) is 0 Å². The van der Waals surface area contributed by atoms with Crippen molar-refractivity contribution in [2.24, 2.45) is 4.99 Å². The van der Waals surface area contributed by atoms with Crippen molar-refractivity contribution < 1.29 is 10.2 Å². The molecule has 0 aromatic heterocycles. The smallest absolute Gasteiger partial charge is 0.132 e. The summed E-state index contributed by atoms with van der Waals surface area (Å²) in [4.78, 5) is 5.30. The maximum Gasteiger partial charge on any atom is 0.132 e. The first kappa shape index (κ1) is 39.3. The lowest BCUT2D eigenvalue weighted by molar-refractivity contribution is 0.327. The second-order valence-electron chi connectivity index (χ2n) is 17.2. The fraction of sp³-hybridized carbons (Fsp3) is 0.117. The molecule has 1 saturated carbocycles. The Labute approximate surface area is 373 Å². The van der Waals surface area contributed by atoms with Crippen molar-refractivity contribution in [3.8, 4) is 56.0 Å². The normalized spacial score (nSPS) is 15.4. The molecule has 11 rings (SSSR count). The molecule has 2 atom stereocenters. The summed E-state index contributed by atoms with van der Waals surface area (Å²) in [5.41, 5.74) is 9.64. The van der Waals surface area contributed by atoms with Crippen molar-refractivity contribution >= 4 is 49.3 Å². The molecule has 0 radical (unpaired) electrons. The summed E-state index contributed by atoms with van der Waals surface area (Å²) >= 11 is 0. The van der Waals surface area contributed by atoms with E-state index < -0.39 is 0 Å². The molecular weight excluding hydrogens is 781 g/mol. The van der Waals surface area contributed by atoms with Crippen LogP contribution in [0.3, 0.4) is 0 Å². The summed E-state index contributed by atoms with van der Waals surface area (Å²) in [6.45, 7) is 0.487. The highest BCUT2D eigenvalue weighted by molar-refractivity contribution is 6.15. The Morgan fingerprint density at radius 3 is 1.47 bits per heavy atom. The van der Waals surface area contributed by atoms with Crippen LogP contribution < -0.4 is 5.32 Å². The maximum atomic E-state index is 12.5. The highest BCUT2D eigenvalue weighted by Crippen LogP contribution is 2.48. The number of phenolic OH excluding ortho intramolecular Hbond substituents is 2. The zero-order chi connectivity index (χ0) is 43.0. The van der Waals surface area contributed by atoms with Crippen molar-refractivity contribution in [3.05, 3.63) is 205 Å². The van der Waals surface area contributed by atoms with E-state index in [9.17, 15) is 10.2 Å². The number of hydrogen-bond acceptors (Lipinski definition) is 4. The first-order valence-corrected chi connectivity index (χ1v) is 22.5. The highest BCUT2D eigenvalue weighted by Gasteiger charge is 2.27. The average Bonchev–Trinajstić information content (AvgIpc) is 3.35. The minimum absolute atomic E-state index is 0.00896. The summed E-state index contributed by atoms with van der Waals surface area (Å²) in [7, 11) is 0. The third-order valence-electron chi connectivity index (χ3n) is 13.4. The van der Waals surface area contributed by atoms with Crippen LogP contribution in [0.1, 0.15) is 36.8 Å². The Morgan fingerprint density at radius 2 is 0.906 bits per heavy atom. The topological polar surface area (TPSA) is 64.9 Å². The minimum atomic E-state index is -0.00896. The molecule has 4 heteroatoms. The number of nitrogens with one attached hydrogen (secondary N) is 1. The molecule has 64 heavy (non-hydrogen) atoms. The molecule has 10 aromatic carbocycles. The molecule has 0 bridgehead atoms. The Bertz CT molecular complexity index is 3380. The van der Waals surface area contributed by atoms with Gasteiger partial charge in [0, 0.05) is 52.2 Å². The number of rotatable bonds is 9. The number of aromatic hydroxyl groups is 2. The highest BCUT2D eigenvalue weighted by atomic mass is 16.3. The zero-order valence-electron chi connectivity index (χ0n) is 35.6. The molecule has 4 nitrogen and oxygen atoms in total. The largest absolute Gasteiger partial charge is 0.507 e. The van der Waals surface area contributed by atoms with Crippen LogP contribution in [0.5, 0.6) is 11.5 Å². The Hall–Kier alpha value is -7.53. The van der Waals surface area contributed by atoms with Gasteiger partial charge in [-0.15, -0.1) is 0 Å². The van der Waals surface area contributed by atoms with E-state index in [0.29, 0.717) is 17.9 Å². The zero-order valence-corrected chi connectivity index (χ0v) is 35.6. The van der Waals surface area contributed by atoms with Crippen LogP contribution in [0.2, 0.25) is 0 Å². The summed E-state index contributed by atoms with van der Waals surface area (Å²) in [5.74, 6) is 0.528. The fourth-order valence-corrected chi connectivity index (χ4v) is 10.2. The third kappa shape index (κ3) is 7.16. The van der Waals surface area contributed by atoms with Crippen LogP contribution in [-0.2, 0) is 6.54 Å².